The van der Waals surface area contributed by atoms with Crippen LogP contribution in [0.25, 0.3) is 0 Å². The first-order valence-corrected chi connectivity index (χ1v) is 9.58. The highest BCUT2D eigenvalue weighted by Crippen LogP contribution is 2.65. The van der Waals surface area contributed by atoms with Crippen LogP contribution in [0.3, 0.4) is 0 Å². The number of allylic oxidation sites excluding steroid dienone is 2. The molecule has 3 aliphatic carbocycles. The zero-order chi connectivity index (χ0) is 16.8. The topological polar surface area (TPSA) is 17.1 Å². The van der Waals surface area contributed by atoms with Gasteiger partial charge in [-0.25, -0.2) is 0 Å². The van der Waals surface area contributed by atoms with Gasteiger partial charge in [0.2, 0.25) is 0 Å². The zero-order valence-corrected chi connectivity index (χ0v) is 15.2. The molecule has 0 N–H and O–H groups in total. The second-order valence-electron chi connectivity index (χ2n) is 7.74. The van der Waals surface area contributed by atoms with Crippen LogP contribution in [-0.2, 0) is 9.72 Å². The summed E-state index contributed by atoms with van der Waals surface area (Å²) in [4.78, 5) is 0. The molecule has 0 aliphatic heterocycles. The van der Waals surface area contributed by atoms with Gasteiger partial charge in [-0.3, -0.25) is 4.57 Å². The normalized spacial score (nSPS) is 25.0. The van der Waals surface area contributed by atoms with Gasteiger partial charge in [0.25, 0.3) is 0 Å². The molecule has 1 saturated carbocycles. The van der Waals surface area contributed by atoms with Crippen molar-refractivity contribution in [2.75, 3.05) is 0 Å². The number of rotatable bonds is 4. The maximum atomic E-state index is 12.8. The van der Waals surface area contributed by atoms with E-state index in [2.05, 4.69) is 68.5 Å². The van der Waals surface area contributed by atoms with Crippen LogP contribution in [0.2, 0.25) is 0 Å². The smallest absolute Gasteiger partial charge is 0.176 e. The molecule has 2 aromatic rings. The van der Waals surface area contributed by atoms with Crippen LogP contribution >= 0.6 is 8.46 Å². The van der Waals surface area contributed by atoms with Crippen molar-refractivity contribution in [1.29, 1.82) is 0 Å². The maximum absolute atomic E-state index is 12.8. The molecule has 1 nitrogen and oxygen atoms in total. The SMILES string of the molecule is CC1(C)C2CC=C(C(P=O)(c3ccccc3)c3ccccc3)C1C2. The van der Waals surface area contributed by atoms with Gasteiger partial charge in [-0.1, -0.05) is 80.6 Å². The van der Waals surface area contributed by atoms with Gasteiger partial charge in [-0.05, 0) is 46.8 Å². The molecule has 2 aromatic carbocycles. The lowest BCUT2D eigenvalue weighted by Gasteiger charge is -2.59. The Bertz CT molecular complexity index is 737. The highest BCUT2D eigenvalue weighted by atomic mass is 31.1. The summed E-state index contributed by atoms with van der Waals surface area (Å²) in [7, 11) is 0.157. The standard InChI is InChI=1S/C22H23OP/c1-21(2)18-13-14-19(20(21)15-18)22(24-23,16-9-5-3-6-10-16)17-11-7-4-8-12-17/h3-12,14,18,20H,13,15H2,1-2H3. The van der Waals surface area contributed by atoms with E-state index in [1.165, 1.54) is 12.0 Å². The van der Waals surface area contributed by atoms with Gasteiger partial charge >= 0.3 is 0 Å². The predicted octanol–water partition coefficient (Wildman–Crippen LogP) is 6.21. The van der Waals surface area contributed by atoms with Crippen LogP contribution in [-0.4, -0.2) is 0 Å². The Kier molecular flexibility index (Phi) is 3.73. The fourth-order valence-electron chi connectivity index (χ4n) is 4.77. The Morgan fingerprint density at radius 1 is 0.958 bits per heavy atom. The third-order valence-electron chi connectivity index (χ3n) is 6.41. The van der Waals surface area contributed by atoms with E-state index in [0.29, 0.717) is 11.3 Å². The van der Waals surface area contributed by atoms with Gasteiger partial charge in [0.15, 0.2) is 8.46 Å². The predicted molar refractivity (Wildman–Crippen MR) is 99.3 cm³/mol. The Balaban J connectivity index is 1.95. The summed E-state index contributed by atoms with van der Waals surface area (Å²) >= 11 is 0. The quantitative estimate of drug-likeness (QED) is 0.479. The minimum Gasteiger partial charge on any atom is -0.273 e. The Labute approximate surface area is 146 Å². The van der Waals surface area contributed by atoms with Gasteiger partial charge in [-0.2, -0.15) is 0 Å². The van der Waals surface area contributed by atoms with Crippen molar-refractivity contribution in [3.8, 4) is 0 Å². The molecule has 2 heteroatoms. The highest BCUT2D eigenvalue weighted by molar-refractivity contribution is 7.26. The number of hydrogen-bond donors (Lipinski definition) is 0. The largest absolute Gasteiger partial charge is 0.273 e. The second kappa shape index (κ2) is 5.67. The van der Waals surface area contributed by atoms with E-state index in [-0.39, 0.29) is 8.46 Å². The third kappa shape index (κ3) is 2.07. The van der Waals surface area contributed by atoms with Gasteiger partial charge in [0.1, 0.15) is 5.16 Å². The van der Waals surface area contributed by atoms with E-state index in [1.54, 1.807) is 0 Å². The monoisotopic (exact) mass is 334 g/mol. The number of hydrogen-bond acceptors (Lipinski definition) is 1. The van der Waals surface area contributed by atoms with Crippen LogP contribution in [0, 0.1) is 17.3 Å². The Morgan fingerprint density at radius 3 is 1.92 bits per heavy atom. The van der Waals surface area contributed by atoms with Crippen molar-refractivity contribution in [3.63, 3.8) is 0 Å². The summed E-state index contributed by atoms with van der Waals surface area (Å²) in [6.45, 7) is 4.75. The summed E-state index contributed by atoms with van der Waals surface area (Å²) in [5.41, 5.74) is 3.91. The molecule has 2 bridgehead atoms. The minimum atomic E-state index is -0.560. The third-order valence-corrected chi connectivity index (χ3v) is 7.45. The first kappa shape index (κ1) is 15.8. The van der Waals surface area contributed by atoms with Gasteiger partial charge in [0, 0.05) is 0 Å². The fourth-order valence-corrected chi connectivity index (χ4v) is 5.63. The molecule has 122 valence electrons. The highest BCUT2D eigenvalue weighted by Gasteiger charge is 2.56. The summed E-state index contributed by atoms with van der Waals surface area (Å²) in [5, 5.41) is -0.560. The first-order valence-electron chi connectivity index (χ1n) is 8.77. The van der Waals surface area contributed by atoms with Crippen LogP contribution in [0.1, 0.15) is 37.8 Å². The van der Waals surface area contributed by atoms with E-state index >= 15 is 0 Å². The van der Waals surface area contributed by atoms with Crippen LogP contribution in [0.15, 0.2) is 72.3 Å². The van der Waals surface area contributed by atoms with Crippen molar-refractivity contribution in [3.05, 3.63) is 83.4 Å². The van der Waals surface area contributed by atoms with E-state index in [9.17, 15) is 4.57 Å². The van der Waals surface area contributed by atoms with E-state index in [1.807, 2.05) is 12.1 Å². The molecular formula is C22H23OP. The lowest BCUT2D eigenvalue weighted by Crippen LogP contribution is -2.51. The van der Waals surface area contributed by atoms with E-state index in [4.69, 9.17) is 0 Å². The summed E-state index contributed by atoms with van der Waals surface area (Å²) in [6.07, 6.45) is 4.72. The molecule has 5 rings (SSSR count). The summed E-state index contributed by atoms with van der Waals surface area (Å²) in [6, 6.07) is 20.7. The summed E-state index contributed by atoms with van der Waals surface area (Å²) in [5.74, 6) is 1.29. The molecule has 1 fully saturated rings. The molecule has 0 spiro atoms. The average molecular weight is 334 g/mol. The molecular weight excluding hydrogens is 311 g/mol. The van der Waals surface area contributed by atoms with Crippen molar-refractivity contribution >= 4 is 8.46 Å². The molecule has 0 aromatic heterocycles. The number of benzene rings is 2. The van der Waals surface area contributed by atoms with E-state index < -0.39 is 5.16 Å². The van der Waals surface area contributed by atoms with Crippen LogP contribution in [0.4, 0.5) is 0 Å². The van der Waals surface area contributed by atoms with Crippen molar-refractivity contribution < 1.29 is 4.57 Å². The van der Waals surface area contributed by atoms with Crippen molar-refractivity contribution in [2.45, 2.75) is 31.8 Å². The zero-order valence-electron chi connectivity index (χ0n) is 14.3. The van der Waals surface area contributed by atoms with Crippen molar-refractivity contribution in [1.82, 2.24) is 0 Å². The van der Waals surface area contributed by atoms with Crippen molar-refractivity contribution in [2.24, 2.45) is 17.3 Å². The number of fused-ring (bicyclic) bond motifs is 1. The molecule has 0 amide bonds. The fraction of sp³-hybridized carbons (Fsp3) is 0.364. The molecule has 0 radical (unpaired) electrons. The average Bonchev–Trinajstić information content (AvgIpc) is 2.65. The minimum absolute atomic E-state index is 0.157. The lowest BCUT2D eigenvalue weighted by atomic mass is 9.47. The first-order chi connectivity index (χ1) is 11.6. The molecule has 0 saturated heterocycles. The molecule has 0 heterocycles. The van der Waals surface area contributed by atoms with Crippen LogP contribution in [0.5, 0.6) is 0 Å². The second-order valence-corrected chi connectivity index (χ2v) is 8.59. The molecule has 2 unspecified atom stereocenters. The van der Waals surface area contributed by atoms with Gasteiger partial charge < -0.3 is 0 Å². The Hall–Kier alpha value is -1.72. The lowest BCUT2D eigenvalue weighted by molar-refractivity contribution is -0.0103. The molecule has 3 aliphatic rings. The Morgan fingerprint density at radius 2 is 1.50 bits per heavy atom. The van der Waals surface area contributed by atoms with Gasteiger partial charge in [-0.15, -0.1) is 0 Å². The summed E-state index contributed by atoms with van der Waals surface area (Å²) < 4.78 is 12.8. The molecule has 2 atom stereocenters. The van der Waals surface area contributed by atoms with Crippen LogP contribution < -0.4 is 0 Å². The molecule has 24 heavy (non-hydrogen) atoms. The van der Waals surface area contributed by atoms with E-state index in [0.717, 1.165) is 23.5 Å². The maximum Gasteiger partial charge on any atom is 0.176 e. The van der Waals surface area contributed by atoms with Gasteiger partial charge in [0.05, 0.1) is 0 Å².